The molecule has 0 atom stereocenters. The lowest BCUT2D eigenvalue weighted by molar-refractivity contribution is -0.143. The monoisotopic (exact) mass is 453 g/mol. The molecule has 0 heterocycles. The van der Waals surface area contributed by atoms with E-state index in [1.165, 1.54) is 4.90 Å². The molecule has 0 aliphatic heterocycles. The number of carboxylic acid groups (broad SMARTS) is 1. The molecule has 1 saturated carbocycles. The number of ether oxygens (including phenoxy) is 1. The van der Waals surface area contributed by atoms with E-state index in [2.05, 4.69) is 10.6 Å². The summed E-state index contributed by atoms with van der Waals surface area (Å²) in [6, 6.07) is 14.3. The van der Waals surface area contributed by atoms with Gasteiger partial charge in [0.1, 0.15) is 5.75 Å². The van der Waals surface area contributed by atoms with Crippen LogP contribution in [0.25, 0.3) is 0 Å². The van der Waals surface area contributed by atoms with Crippen molar-refractivity contribution >= 4 is 23.6 Å². The average molecular weight is 454 g/mol. The van der Waals surface area contributed by atoms with Crippen LogP contribution >= 0.6 is 0 Å². The van der Waals surface area contributed by atoms with Crippen LogP contribution < -0.4 is 20.3 Å². The van der Waals surface area contributed by atoms with E-state index in [1.807, 2.05) is 31.2 Å². The van der Waals surface area contributed by atoms with Gasteiger partial charge in [-0.25, -0.2) is 4.79 Å². The van der Waals surface area contributed by atoms with Gasteiger partial charge in [-0.15, -0.1) is 0 Å². The number of aryl methyl sites for hydroxylation is 1. The topological polar surface area (TPSA) is 108 Å². The van der Waals surface area contributed by atoms with Gasteiger partial charge < -0.3 is 20.5 Å². The first-order chi connectivity index (χ1) is 15.8. The molecule has 1 aliphatic carbocycles. The Balaban J connectivity index is 1.38. The molecular formula is C25H31N3O5. The number of amides is 3. The summed E-state index contributed by atoms with van der Waals surface area (Å²) in [5.74, 6) is -0.577. The molecule has 176 valence electrons. The maximum Gasteiger partial charge on any atom is 0.321 e. The van der Waals surface area contributed by atoms with Crippen LogP contribution in [0.3, 0.4) is 0 Å². The quantitative estimate of drug-likeness (QED) is 0.530. The number of carboxylic acids is 1. The third-order valence-electron chi connectivity index (χ3n) is 5.86. The van der Waals surface area contributed by atoms with Crippen LogP contribution in [-0.2, 0) is 4.79 Å². The van der Waals surface area contributed by atoms with Crippen molar-refractivity contribution in [2.75, 3.05) is 25.0 Å². The predicted molar refractivity (Wildman–Crippen MR) is 126 cm³/mol. The van der Waals surface area contributed by atoms with E-state index in [9.17, 15) is 14.4 Å². The first-order valence-corrected chi connectivity index (χ1v) is 11.2. The Morgan fingerprint density at radius 2 is 1.55 bits per heavy atom. The second-order valence-electron chi connectivity index (χ2n) is 8.34. The molecule has 3 amide bonds. The van der Waals surface area contributed by atoms with Crippen molar-refractivity contribution in [3.63, 3.8) is 0 Å². The predicted octanol–water partition coefficient (Wildman–Crippen LogP) is 3.59. The molecule has 3 N–H and O–H groups in total. The number of hydrogen-bond donors (Lipinski definition) is 3. The standard InChI is InChI=1S/C25H31N3O5/c1-17-3-9-20(10-4-17)28(2)25(32)27-16-15-26-23(29)18-5-11-21(12-6-18)33-22-13-7-19(8-14-22)24(30)31/h3-6,9-12,19,22H,7-8,13-16H2,1-2H3,(H,26,29)(H,27,32)(H,30,31)/t19-,22+. The summed E-state index contributed by atoms with van der Waals surface area (Å²) in [6.07, 6.45) is 2.67. The van der Waals surface area contributed by atoms with E-state index in [1.54, 1.807) is 31.3 Å². The molecule has 8 nitrogen and oxygen atoms in total. The maximum atomic E-state index is 12.3. The zero-order chi connectivity index (χ0) is 23.8. The van der Waals surface area contributed by atoms with Gasteiger partial charge in [0, 0.05) is 31.4 Å². The third kappa shape index (κ3) is 6.97. The summed E-state index contributed by atoms with van der Waals surface area (Å²) in [4.78, 5) is 37.2. The zero-order valence-corrected chi connectivity index (χ0v) is 19.0. The van der Waals surface area contributed by atoms with Crippen LogP contribution in [0, 0.1) is 12.8 Å². The minimum atomic E-state index is -0.735. The Labute approximate surface area is 193 Å². The summed E-state index contributed by atoms with van der Waals surface area (Å²) in [5, 5.41) is 14.7. The molecular weight excluding hydrogens is 422 g/mol. The molecule has 0 radical (unpaired) electrons. The lowest BCUT2D eigenvalue weighted by atomic mass is 9.87. The minimum Gasteiger partial charge on any atom is -0.490 e. The van der Waals surface area contributed by atoms with Gasteiger partial charge in [-0.1, -0.05) is 17.7 Å². The highest BCUT2D eigenvalue weighted by Crippen LogP contribution is 2.28. The fourth-order valence-electron chi connectivity index (χ4n) is 3.76. The smallest absolute Gasteiger partial charge is 0.321 e. The van der Waals surface area contributed by atoms with Crippen LogP contribution in [0.2, 0.25) is 0 Å². The highest BCUT2D eigenvalue weighted by atomic mass is 16.5. The number of nitrogens with zero attached hydrogens (tertiary/aromatic N) is 1. The number of carbonyl (C=O) groups excluding carboxylic acids is 2. The number of anilines is 1. The number of nitrogens with one attached hydrogen (secondary N) is 2. The van der Waals surface area contributed by atoms with Gasteiger partial charge in [0.05, 0.1) is 12.0 Å². The largest absolute Gasteiger partial charge is 0.490 e. The fraction of sp³-hybridized carbons (Fsp3) is 0.400. The average Bonchev–Trinajstić information content (AvgIpc) is 2.82. The Bertz CT molecular complexity index is 951. The Morgan fingerprint density at radius 3 is 2.15 bits per heavy atom. The van der Waals surface area contributed by atoms with E-state index < -0.39 is 5.97 Å². The summed E-state index contributed by atoms with van der Waals surface area (Å²) in [6.45, 7) is 2.60. The molecule has 0 saturated heterocycles. The molecule has 0 unspecified atom stereocenters. The Hall–Kier alpha value is -3.55. The van der Waals surface area contributed by atoms with Crippen LogP contribution in [0.5, 0.6) is 5.75 Å². The third-order valence-corrected chi connectivity index (χ3v) is 5.86. The van der Waals surface area contributed by atoms with Crippen molar-refractivity contribution in [3.8, 4) is 5.75 Å². The molecule has 2 aromatic rings. The molecule has 0 aromatic heterocycles. The maximum absolute atomic E-state index is 12.3. The lowest BCUT2D eigenvalue weighted by Crippen LogP contribution is -2.41. The normalized spacial score (nSPS) is 17.6. The number of aliphatic carboxylic acids is 1. The SMILES string of the molecule is Cc1ccc(N(C)C(=O)NCCNC(=O)c2ccc(O[C@H]3CC[C@@H](C(=O)O)CC3)cc2)cc1. The summed E-state index contributed by atoms with van der Waals surface area (Å²) < 4.78 is 5.93. The molecule has 1 aliphatic rings. The molecule has 3 rings (SSSR count). The Morgan fingerprint density at radius 1 is 0.939 bits per heavy atom. The van der Waals surface area contributed by atoms with E-state index in [-0.39, 0.29) is 24.0 Å². The number of urea groups is 1. The van der Waals surface area contributed by atoms with Gasteiger partial charge in [0.15, 0.2) is 0 Å². The van der Waals surface area contributed by atoms with E-state index in [0.29, 0.717) is 50.1 Å². The number of carbonyl (C=O) groups is 3. The van der Waals surface area contributed by atoms with Crippen molar-refractivity contribution in [1.29, 1.82) is 0 Å². The summed E-state index contributed by atoms with van der Waals surface area (Å²) in [5.41, 5.74) is 2.41. The van der Waals surface area contributed by atoms with Crippen LogP contribution in [0.1, 0.15) is 41.6 Å². The van der Waals surface area contributed by atoms with Crippen LogP contribution in [0.4, 0.5) is 10.5 Å². The number of hydrogen-bond acceptors (Lipinski definition) is 4. The van der Waals surface area contributed by atoms with Crippen molar-refractivity contribution in [2.45, 2.75) is 38.7 Å². The Kier molecular flexibility index (Phi) is 8.29. The highest BCUT2D eigenvalue weighted by Gasteiger charge is 2.26. The van der Waals surface area contributed by atoms with Crippen LogP contribution in [-0.4, -0.2) is 49.3 Å². The molecule has 1 fully saturated rings. The van der Waals surface area contributed by atoms with Gasteiger partial charge in [-0.3, -0.25) is 14.5 Å². The summed E-state index contributed by atoms with van der Waals surface area (Å²) in [7, 11) is 1.69. The van der Waals surface area contributed by atoms with E-state index in [0.717, 1.165) is 11.3 Å². The zero-order valence-electron chi connectivity index (χ0n) is 19.0. The molecule has 8 heteroatoms. The highest BCUT2D eigenvalue weighted by molar-refractivity contribution is 5.94. The van der Waals surface area contributed by atoms with E-state index >= 15 is 0 Å². The van der Waals surface area contributed by atoms with Crippen LogP contribution in [0.15, 0.2) is 48.5 Å². The van der Waals surface area contributed by atoms with Crippen molar-refractivity contribution < 1.29 is 24.2 Å². The number of rotatable bonds is 8. The van der Waals surface area contributed by atoms with Gasteiger partial charge in [-0.05, 0) is 69.0 Å². The van der Waals surface area contributed by atoms with E-state index in [4.69, 9.17) is 9.84 Å². The van der Waals surface area contributed by atoms with Crippen molar-refractivity contribution in [1.82, 2.24) is 10.6 Å². The van der Waals surface area contributed by atoms with Crippen molar-refractivity contribution in [3.05, 3.63) is 59.7 Å². The molecule has 2 aromatic carbocycles. The van der Waals surface area contributed by atoms with Crippen molar-refractivity contribution in [2.24, 2.45) is 5.92 Å². The molecule has 0 spiro atoms. The molecule has 0 bridgehead atoms. The first-order valence-electron chi connectivity index (χ1n) is 11.2. The lowest BCUT2D eigenvalue weighted by Gasteiger charge is -2.26. The first kappa shape index (κ1) is 24.1. The number of benzene rings is 2. The summed E-state index contributed by atoms with van der Waals surface area (Å²) >= 11 is 0. The minimum absolute atomic E-state index is 0.00179. The van der Waals surface area contributed by atoms with Gasteiger partial charge in [0.25, 0.3) is 5.91 Å². The molecule has 33 heavy (non-hydrogen) atoms. The van der Waals surface area contributed by atoms with Gasteiger partial charge in [-0.2, -0.15) is 0 Å². The van der Waals surface area contributed by atoms with Gasteiger partial charge in [0.2, 0.25) is 0 Å². The van der Waals surface area contributed by atoms with Gasteiger partial charge >= 0.3 is 12.0 Å². The second kappa shape index (κ2) is 11.4. The fourth-order valence-corrected chi connectivity index (χ4v) is 3.76. The second-order valence-corrected chi connectivity index (χ2v) is 8.34.